The van der Waals surface area contributed by atoms with E-state index in [2.05, 4.69) is 34.4 Å². The van der Waals surface area contributed by atoms with Crippen LogP contribution in [0.5, 0.6) is 0 Å². The predicted molar refractivity (Wildman–Crippen MR) is 133 cm³/mol. The third-order valence-electron chi connectivity index (χ3n) is 5.52. The lowest BCUT2D eigenvalue weighted by Crippen LogP contribution is -2.36. The average molecular weight is 435 g/mol. The van der Waals surface area contributed by atoms with Gasteiger partial charge >= 0.3 is 0 Å². The van der Waals surface area contributed by atoms with Crippen molar-refractivity contribution in [3.63, 3.8) is 0 Å². The molecule has 2 aromatic heterocycles. The van der Waals surface area contributed by atoms with Crippen molar-refractivity contribution in [2.45, 2.75) is 33.1 Å². The Morgan fingerprint density at radius 3 is 2.59 bits per heavy atom. The van der Waals surface area contributed by atoms with Gasteiger partial charge in [0.1, 0.15) is 17.5 Å². The number of aromatic nitrogens is 2. The van der Waals surface area contributed by atoms with Crippen LogP contribution in [0.25, 0.3) is 16.6 Å². The minimum absolute atomic E-state index is 0.268. The molecule has 1 aliphatic heterocycles. The summed E-state index contributed by atoms with van der Waals surface area (Å²) in [6.07, 6.45) is 10.5. The molecule has 0 spiro atoms. The molecule has 3 heterocycles. The molecule has 2 aromatic rings. The maximum Gasteiger partial charge on any atom is 0.132 e. The van der Waals surface area contributed by atoms with Gasteiger partial charge < -0.3 is 27.0 Å². The molecule has 0 aliphatic carbocycles. The summed E-state index contributed by atoms with van der Waals surface area (Å²) in [6.45, 7) is 5.94. The second kappa shape index (κ2) is 10.7. The number of piperidine rings is 1. The highest BCUT2D eigenvalue weighted by Crippen LogP contribution is 2.23. The number of pyridine rings is 2. The zero-order valence-corrected chi connectivity index (χ0v) is 19.2. The molecule has 170 valence electrons. The summed E-state index contributed by atoms with van der Waals surface area (Å²) in [7, 11) is 1.84. The van der Waals surface area contributed by atoms with Crippen LogP contribution in [0, 0.1) is 11.3 Å². The molecule has 0 radical (unpaired) electrons. The number of nitrogens with two attached hydrogens (primary N) is 2. The van der Waals surface area contributed by atoms with E-state index >= 15 is 0 Å². The van der Waals surface area contributed by atoms with E-state index in [0.717, 1.165) is 53.7 Å². The maximum atomic E-state index is 8.76. The van der Waals surface area contributed by atoms with Gasteiger partial charge in [-0.05, 0) is 61.2 Å². The van der Waals surface area contributed by atoms with E-state index in [1.54, 1.807) is 12.4 Å². The van der Waals surface area contributed by atoms with Gasteiger partial charge in [-0.25, -0.2) is 4.98 Å². The fraction of sp³-hybridized carbons (Fsp3) is 0.375. The first-order valence-corrected chi connectivity index (χ1v) is 11.1. The first kappa shape index (κ1) is 23.1. The van der Waals surface area contributed by atoms with Crippen LogP contribution >= 0.6 is 0 Å². The van der Waals surface area contributed by atoms with Crippen LogP contribution in [-0.4, -0.2) is 40.8 Å². The Bertz CT molecular complexity index is 1050. The van der Waals surface area contributed by atoms with E-state index in [1.807, 2.05) is 37.5 Å². The SMILES string of the molecule is CN/C=C(\C(=N)N1CCCCC1)c1cnc2ccc(N/C(N)=C/C(=C\N)C(C)C)nc2c1. The van der Waals surface area contributed by atoms with E-state index in [9.17, 15) is 0 Å². The monoisotopic (exact) mass is 434 g/mol. The van der Waals surface area contributed by atoms with Crippen molar-refractivity contribution in [2.24, 2.45) is 17.4 Å². The van der Waals surface area contributed by atoms with Gasteiger partial charge in [0, 0.05) is 43.7 Å². The van der Waals surface area contributed by atoms with E-state index < -0.39 is 0 Å². The molecule has 1 aliphatic rings. The van der Waals surface area contributed by atoms with Gasteiger partial charge in [0.2, 0.25) is 0 Å². The number of likely N-dealkylation sites (tertiary alicyclic amines) is 1. The van der Waals surface area contributed by atoms with Crippen LogP contribution in [0.2, 0.25) is 0 Å². The topological polar surface area (TPSA) is 129 Å². The molecule has 1 saturated heterocycles. The number of nitrogens with zero attached hydrogens (tertiary/aromatic N) is 3. The van der Waals surface area contributed by atoms with E-state index in [-0.39, 0.29) is 5.92 Å². The first-order chi connectivity index (χ1) is 15.4. The first-order valence-electron chi connectivity index (χ1n) is 11.1. The average Bonchev–Trinajstić information content (AvgIpc) is 2.80. The standard InChI is InChI=1S/C24H34N8/c1-16(2)17(13-25)12-22(26)31-23-8-7-20-21(30-23)11-18(14-29-20)19(15-28-3)24(27)32-9-5-4-6-10-32/h7-8,11-16,27-28H,4-6,9-10,25-26H2,1-3H3,(H,30,31)/b17-13+,19-15-,22-12+,27-24?. The minimum Gasteiger partial charge on any atom is -0.404 e. The van der Waals surface area contributed by atoms with Crippen molar-refractivity contribution in [1.82, 2.24) is 20.2 Å². The van der Waals surface area contributed by atoms with Crippen molar-refractivity contribution in [2.75, 3.05) is 25.5 Å². The third-order valence-corrected chi connectivity index (χ3v) is 5.52. The van der Waals surface area contributed by atoms with E-state index in [4.69, 9.17) is 21.9 Å². The van der Waals surface area contributed by atoms with Gasteiger partial charge in [-0.2, -0.15) is 0 Å². The molecule has 32 heavy (non-hydrogen) atoms. The van der Waals surface area contributed by atoms with Crippen LogP contribution < -0.4 is 22.1 Å². The Kier molecular flexibility index (Phi) is 7.70. The molecule has 0 unspecified atom stereocenters. The highest BCUT2D eigenvalue weighted by atomic mass is 15.2. The van der Waals surface area contributed by atoms with Crippen molar-refractivity contribution in [3.05, 3.63) is 59.8 Å². The number of amidine groups is 1. The molecular weight excluding hydrogens is 400 g/mol. The van der Waals surface area contributed by atoms with Crippen LogP contribution in [0.1, 0.15) is 38.7 Å². The van der Waals surface area contributed by atoms with Crippen LogP contribution in [0.4, 0.5) is 5.82 Å². The molecule has 0 amide bonds. The lowest BCUT2D eigenvalue weighted by Gasteiger charge is -2.30. The molecule has 0 saturated carbocycles. The number of fused-ring (bicyclic) bond motifs is 1. The summed E-state index contributed by atoms with van der Waals surface area (Å²) < 4.78 is 0. The lowest BCUT2D eigenvalue weighted by atomic mass is 10.0. The second-order valence-corrected chi connectivity index (χ2v) is 8.25. The van der Waals surface area contributed by atoms with Crippen molar-refractivity contribution >= 4 is 28.3 Å². The van der Waals surface area contributed by atoms with E-state index in [1.165, 1.54) is 6.42 Å². The molecule has 3 rings (SSSR count). The molecule has 0 bridgehead atoms. The normalized spacial score (nSPS) is 15.9. The van der Waals surface area contributed by atoms with Crippen molar-refractivity contribution in [3.8, 4) is 0 Å². The predicted octanol–water partition coefficient (Wildman–Crippen LogP) is 3.36. The summed E-state index contributed by atoms with van der Waals surface area (Å²) >= 11 is 0. The molecule has 7 N–H and O–H groups in total. The molecular formula is C24H34N8. The molecule has 0 aromatic carbocycles. The summed E-state index contributed by atoms with van der Waals surface area (Å²) in [4.78, 5) is 11.4. The highest BCUT2D eigenvalue weighted by Gasteiger charge is 2.19. The fourth-order valence-corrected chi connectivity index (χ4v) is 3.71. The number of allylic oxidation sites excluding steroid dienone is 2. The zero-order chi connectivity index (χ0) is 23.1. The van der Waals surface area contributed by atoms with Gasteiger partial charge in [-0.3, -0.25) is 10.4 Å². The number of anilines is 1. The number of nitrogens with one attached hydrogen (secondary N) is 3. The maximum absolute atomic E-state index is 8.76. The van der Waals surface area contributed by atoms with Gasteiger partial charge in [-0.1, -0.05) is 13.8 Å². The molecule has 1 fully saturated rings. The van der Waals surface area contributed by atoms with Crippen molar-refractivity contribution in [1.29, 1.82) is 5.41 Å². The molecule has 0 atom stereocenters. The Labute approximate surface area is 190 Å². The quantitative estimate of drug-likeness (QED) is 0.257. The lowest BCUT2D eigenvalue weighted by molar-refractivity contribution is 0.343. The molecule has 8 nitrogen and oxygen atoms in total. The van der Waals surface area contributed by atoms with Crippen LogP contribution in [-0.2, 0) is 0 Å². The Hall–Kier alpha value is -3.55. The Balaban J connectivity index is 1.89. The zero-order valence-electron chi connectivity index (χ0n) is 19.2. The minimum atomic E-state index is 0.268. The number of hydrogen-bond acceptors (Lipinski definition) is 7. The van der Waals surface area contributed by atoms with Gasteiger partial charge in [0.25, 0.3) is 0 Å². The smallest absolute Gasteiger partial charge is 0.132 e. The van der Waals surface area contributed by atoms with Crippen LogP contribution in [0.3, 0.4) is 0 Å². The highest BCUT2D eigenvalue weighted by molar-refractivity contribution is 6.21. The number of rotatable bonds is 7. The van der Waals surface area contributed by atoms with Gasteiger partial charge in [0.15, 0.2) is 0 Å². The number of hydrogen-bond donors (Lipinski definition) is 5. The largest absolute Gasteiger partial charge is 0.404 e. The summed E-state index contributed by atoms with van der Waals surface area (Å²) in [5, 5.41) is 15.0. The summed E-state index contributed by atoms with van der Waals surface area (Å²) in [5.74, 6) is 1.87. The van der Waals surface area contributed by atoms with Crippen LogP contribution in [0.15, 0.2) is 54.3 Å². The Morgan fingerprint density at radius 1 is 1.19 bits per heavy atom. The summed E-state index contributed by atoms with van der Waals surface area (Å²) in [5.41, 5.74) is 15.9. The molecule has 8 heteroatoms. The summed E-state index contributed by atoms with van der Waals surface area (Å²) in [6, 6.07) is 5.71. The Morgan fingerprint density at radius 2 is 1.94 bits per heavy atom. The van der Waals surface area contributed by atoms with E-state index in [0.29, 0.717) is 17.5 Å². The third kappa shape index (κ3) is 5.57. The van der Waals surface area contributed by atoms with Gasteiger partial charge in [-0.15, -0.1) is 0 Å². The second-order valence-electron chi connectivity index (χ2n) is 8.25. The van der Waals surface area contributed by atoms with Gasteiger partial charge in [0.05, 0.1) is 11.0 Å². The van der Waals surface area contributed by atoms with Crippen molar-refractivity contribution < 1.29 is 0 Å². The fourth-order valence-electron chi connectivity index (χ4n) is 3.71.